The highest BCUT2D eigenvalue weighted by Gasteiger charge is 2.93. The van der Waals surface area contributed by atoms with Crippen LogP contribution >= 0.6 is 0 Å². The summed E-state index contributed by atoms with van der Waals surface area (Å²) in [6.45, 7) is 14.1. The lowest BCUT2D eigenvalue weighted by Gasteiger charge is -2.61. The zero-order chi connectivity index (χ0) is 35.9. The van der Waals surface area contributed by atoms with Crippen LogP contribution in [0.4, 0.5) is 0 Å². The number of esters is 3. The van der Waals surface area contributed by atoms with E-state index in [9.17, 15) is 14.4 Å². The Hall–Kier alpha value is -3.47. The maximum atomic E-state index is 13.7. The molecule has 51 heavy (non-hydrogen) atoms. The van der Waals surface area contributed by atoms with E-state index in [1.54, 1.807) is 0 Å². The molecule has 8 rings (SSSR count). The van der Waals surface area contributed by atoms with Crippen LogP contribution in [0.15, 0.2) is 53.6 Å². The van der Waals surface area contributed by atoms with Crippen molar-refractivity contribution >= 4 is 28.7 Å². The molecule has 10 nitrogen and oxygen atoms in total. The van der Waals surface area contributed by atoms with E-state index in [2.05, 4.69) is 33.0 Å². The minimum absolute atomic E-state index is 0.00456. The Balaban J connectivity index is 0.952. The van der Waals surface area contributed by atoms with E-state index in [0.29, 0.717) is 26.2 Å². The molecule has 0 radical (unpaired) electrons. The number of hydrogen-bond donors (Lipinski definition) is 1. The van der Waals surface area contributed by atoms with Crippen molar-refractivity contribution < 1.29 is 42.8 Å². The van der Waals surface area contributed by atoms with Crippen molar-refractivity contribution in [2.24, 2.45) is 28.6 Å². The number of fused-ring (bicyclic) bond motifs is 5. The van der Waals surface area contributed by atoms with Crippen molar-refractivity contribution in [1.82, 2.24) is 5.32 Å². The number of benzene rings is 2. The summed E-state index contributed by atoms with van der Waals surface area (Å²) < 4.78 is 37.8. The fraction of sp³-hybridized carbons (Fsp3) is 0.634. The molecule has 2 unspecified atom stereocenters. The molecule has 4 fully saturated rings. The molecule has 0 aromatic heterocycles. The summed E-state index contributed by atoms with van der Waals surface area (Å²) in [5.41, 5.74) is -0.245. The van der Waals surface area contributed by atoms with Crippen molar-refractivity contribution in [3.05, 3.63) is 53.6 Å². The van der Waals surface area contributed by atoms with E-state index in [-0.39, 0.29) is 66.1 Å². The Morgan fingerprint density at radius 2 is 1.78 bits per heavy atom. The smallest absolute Gasteiger partial charge is 0.334 e. The maximum absolute atomic E-state index is 13.7. The van der Waals surface area contributed by atoms with E-state index in [4.69, 9.17) is 28.4 Å². The van der Waals surface area contributed by atoms with Gasteiger partial charge in [0.05, 0.1) is 25.6 Å². The van der Waals surface area contributed by atoms with E-state index < -0.39 is 35.3 Å². The quantitative estimate of drug-likeness (QED) is 0.168. The highest BCUT2D eigenvalue weighted by molar-refractivity contribution is 5.92. The number of rotatable bonds is 12. The number of nitrogens with one attached hydrogen (secondary N) is 1. The summed E-state index contributed by atoms with van der Waals surface area (Å²) in [7, 11) is 0. The first kappa shape index (κ1) is 34.6. The minimum atomic E-state index is -0.884. The number of hydrogen-bond acceptors (Lipinski definition) is 10. The van der Waals surface area contributed by atoms with Crippen molar-refractivity contribution in [3.63, 3.8) is 0 Å². The highest BCUT2D eigenvalue weighted by Crippen LogP contribution is 2.82. The Kier molecular flexibility index (Phi) is 8.35. The summed E-state index contributed by atoms with van der Waals surface area (Å²) in [6, 6.07) is 14.1. The predicted molar refractivity (Wildman–Crippen MR) is 188 cm³/mol. The van der Waals surface area contributed by atoms with Gasteiger partial charge >= 0.3 is 17.9 Å². The van der Waals surface area contributed by atoms with E-state index in [1.165, 1.54) is 0 Å². The maximum Gasteiger partial charge on any atom is 0.334 e. The van der Waals surface area contributed by atoms with Gasteiger partial charge in [-0.1, -0.05) is 71.0 Å². The molecule has 3 aliphatic heterocycles. The van der Waals surface area contributed by atoms with Crippen LogP contribution in [0.2, 0.25) is 0 Å². The van der Waals surface area contributed by atoms with Crippen molar-refractivity contribution in [2.75, 3.05) is 26.4 Å². The molecule has 0 bridgehead atoms. The Bertz CT molecular complexity index is 1780. The van der Waals surface area contributed by atoms with Crippen LogP contribution in [0, 0.1) is 28.6 Å². The third kappa shape index (κ3) is 5.17. The van der Waals surface area contributed by atoms with Crippen LogP contribution < -0.4 is 10.1 Å². The second-order valence-electron chi connectivity index (χ2n) is 16.7. The van der Waals surface area contributed by atoms with Crippen molar-refractivity contribution in [3.8, 4) is 5.75 Å². The molecule has 9 atom stereocenters. The van der Waals surface area contributed by atoms with Gasteiger partial charge in [-0.15, -0.1) is 0 Å². The molecule has 1 spiro atoms. The van der Waals surface area contributed by atoms with Gasteiger partial charge in [0.2, 0.25) is 0 Å². The third-order valence-corrected chi connectivity index (χ3v) is 13.4. The molecule has 274 valence electrons. The molecule has 3 aliphatic carbocycles. The second kappa shape index (κ2) is 12.3. The fourth-order valence-electron chi connectivity index (χ4n) is 10.6. The predicted octanol–water partition coefficient (Wildman–Crippen LogP) is 5.69. The van der Waals surface area contributed by atoms with E-state index >= 15 is 0 Å². The Morgan fingerprint density at radius 1 is 1.02 bits per heavy atom. The fourth-order valence-corrected chi connectivity index (χ4v) is 10.6. The van der Waals surface area contributed by atoms with Crippen molar-refractivity contribution in [2.45, 2.75) is 109 Å². The van der Waals surface area contributed by atoms with Gasteiger partial charge < -0.3 is 33.7 Å². The van der Waals surface area contributed by atoms with Gasteiger partial charge in [-0.2, -0.15) is 0 Å². The summed E-state index contributed by atoms with van der Waals surface area (Å²) >= 11 is 0. The minimum Gasteiger partial charge on any atom is -0.489 e. The van der Waals surface area contributed by atoms with Crippen LogP contribution in [0.3, 0.4) is 0 Å². The Labute approximate surface area is 299 Å². The van der Waals surface area contributed by atoms with Crippen LogP contribution in [0.1, 0.15) is 73.6 Å². The lowest BCUT2D eigenvalue weighted by Crippen LogP contribution is -2.73. The standard InChI is InChI=1S/C41H51NO9/c1-23(2)40-18-30(40)35-41(51-35)38(5)17-16-28-29(21-47-36(28)45)31(38)22-48-39(41,6)37(40)50-34(44)15-14-33(43)49-26(19-42-24(3)4)20-46-32-13-9-11-25-10-7-8-12-27(25)32/h7-13,23-24,26,30-31,35,37,42H,14-22H2,1-6H3/t26-,30-,31?,35-,37-,38-,39+,40?,41+/m0/s1. The normalized spacial score (nSPS) is 36.4. The van der Waals surface area contributed by atoms with Crippen LogP contribution in [0.25, 0.3) is 10.8 Å². The molecule has 2 aromatic rings. The lowest BCUT2D eigenvalue weighted by atomic mass is 9.49. The first-order valence-electron chi connectivity index (χ1n) is 18.8. The average Bonchev–Trinajstić information content (AvgIpc) is 4.00. The topological polar surface area (TPSA) is 122 Å². The number of cyclic esters (lactones) is 1. The van der Waals surface area contributed by atoms with E-state index in [1.807, 2.05) is 56.3 Å². The van der Waals surface area contributed by atoms with Crippen LogP contribution in [-0.4, -0.2) is 79.8 Å². The third-order valence-electron chi connectivity index (χ3n) is 13.4. The summed E-state index contributed by atoms with van der Waals surface area (Å²) in [5, 5.41) is 5.40. The zero-order valence-electron chi connectivity index (χ0n) is 30.6. The van der Waals surface area contributed by atoms with Gasteiger partial charge in [-0.05, 0) is 55.0 Å². The summed E-state index contributed by atoms with van der Waals surface area (Å²) in [5.74, 6) is 0.0806. The number of ether oxygens (including phenoxy) is 6. The summed E-state index contributed by atoms with van der Waals surface area (Å²) in [4.78, 5) is 39.4. The first-order chi connectivity index (χ1) is 24.4. The number of epoxide rings is 1. The molecule has 10 heteroatoms. The molecule has 6 aliphatic rings. The molecular formula is C41H51NO9. The van der Waals surface area contributed by atoms with Crippen LogP contribution in [0.5, 0.6) is 5.75 Å². The largest absolute Gasteiger partial charge is 0.489 e. The highest BCUT2D eigenvalue weighted by atomic mass is 16.7. The second-order valence-corrected chi connectivity index (χ2v) is 16.7. The summed E-state index contributed by atoms with van der Waals surface area (Å²) in [6.07, 6.45) is 1.04. The average molecular weight is 702 g/mol. The number of carbonyl (C=O) groups excluding carboxylic acids is 3. The Morgan fingerprint density at radius 3 is 2.57 bits per heavy atom. The van der Waals surface area contributed by atoms with Gasteiger partial charge in [0.1, 0.15) is 42.4 Å². The first-order valence-corrected chi connectivity index (χ1v) is 18.8. The van der Waals surface area contributed by atoms with Gasteiger partial charge in [0.25, 0.3) is 0 Å². The van der Waals surface area contributed by atoms with Gasteiger partial charge in [0, 0.05) is 40.3 Å². The van der Waals surface area contributed by atoms with Crippen LogP contribution in [-0.2, 0) is 38.1 Å². The number of carbonyl (C=O) groups is 3. The molecule has 1 N–H and O–H groups in total. The molecule has 2 aromatic carbocycles. The van der Waals surface area contributed by atoms with Gasteiger partial charge in [0.15, 0.2) is 0 Å². The molecule has 2 saturated heterocycles. The molecule has 0 amide bonds. The van der Waals surface area contributed by atoms with E-state index in [0.717, 1.165) is 40.5 Å². The van der Waals surface area contributed by atoms with Crippen molar-refractivity contribution in [1.29, 1.82) is 0 Å². The molecule has 3 heterocycles. The SMILES string of the molecule is CC(C)NC[C@@H](COc1cccc2ccccc12)OC(=O)CCC(=O)O[C@@H]1C2(C(C)C)C[C@H]2[C@@H]2O[C@@]23[C@@]2(C)CCC4=C(COC4=O)C2CO[C@]13C. The van der Waals surface area contributed by atoms with Gasteiger partial charge in [-0.25, -0.2) is 4.79 Å². The van der Waals surface area contributed by atoms with Gasteiger partial charge in [-0.3, -0.25) is 9.59 Å². The monoisotopic (exact) mass is 701 g/mol. The lowest BCUT2D eigenvalue weighted by molar-refractivity contribution is -0.265. The zero-order valence-corrected chi connectivity index (χ0v) is 30.6. The molecular weight excluding hydrogens is 650 g/mol. The molecule has 2 saturated carbocycles.